The molecular weight excluding hydrogens is 409 g/mol. The second-order valence-corrected chi connectivity index (χ2v) is 7.54. The van der Waals surface area contributed by atoms with Gasteiger partial charge in [-0.15, -0.1) is 0 Å². The molecule has 0 fully saturated rings. The number of nitrogens with zero attached hydrogens (tertiary/aromatic N) is 1. The molecule has 0 radical (unpaired) electrons. The summed E-state index contributed by atoms with van der Waals surface area (Å²) >= 11 is 0. The maximum absolute atomic E-state index is 13.2. The molecule has 8 heteroatoms. The first-order valence-corrected chi connectivity index (χ1v) is 9.87. The lowest BCUT2D eigenvalue weighted by Crippen LogP contribution is -2.43. The fourth-order valence-corrected chi connectivity index (χ4v) is 2.86. The van der Waals surface area contributed by atoms with E-state index in [2.05, 4.69) is 5.32 Å². The van der Waals surface area contributed by atoms with Crippen LogP contribution < -0.4 is 14.8 Å². The second kappa shape index (κ2) is 10.7. The van der Waals surface area contributed by atoms with Gasteiger partial charge < -0.3 is 14.8 Å². The third kappa shape index (κ3) is 7.52. The summed E-state index contributed by atoms with van der Waals surface area (Å²) in [6.45, 7) is 5.75. The Morgan fingerprint density at radius 1 is 1.06 bits per heavy atom. The van der Waals surface area contributed by atoms with E-state index in [1.165, 1.54) is 12.1 Å². The summed E-state index contributed by atoms with van der Waals surface area (Å²) < 4.78 is 51.0. The van der Waals surface area contributed by atoms with Gasteiger partial charge in [0.15, 0.2) is 6.10 Å². The fraction of sp³-hybridized carbons (Fsp3) is 0.391. The Balaban J connectivity index is 2.07. The first-order valence-electron chi connectivity index (χ1n) is 9.87. The fourth-order valence-electron chi connectivity index (χ4n) is 2.86. The summed E-state index contributed by atoms with van der Waals surface area (Å²) in [6, 6.07) is 13.7. The van der Waals surface area contributed by atoms with Crippen molar-refractivity contribution in [2.24, 2.45) is 5.92 Å². The highest BCUT2D eigenvalue weighted by Gasteiger charge is 2.34. The first-order chi connectivity index (χ1) is 14.6. The quantitative estimate of drug-likeness (QED) is 0.606. The van der Waals surface area contributed by atoms with Crippen molar-refractivity contribution in [3.8, 4) is 17.6 Å². The van der Waals surface area contributed by atoms with Crippen molar-refractivity contribution < 1.29 is 27.4 Å². The molecule has 2 atom stereocenters. The van der Waals surface area contributed by atoms with E-state index in [4.69, 9.17) is 14.7 Å². The number of benzene rings is 2. The van der Waals surface area contributed by atoms with E-state index in [1.54, 1.807) is 19.1 Å². The number of hydrogen-bond donors (Lipinski definition) is 1. The van der Waals surface area contributed by atoms with Crippen LogP contribution >= 0.6 is 0 Å². The van der Waals surface area contributed by atoms with E-state index in [9.17, 15) is 18.0 Å². The van der Waals surface area contributed by atoms with Crippen LogP contribution in [0.3, 0.4) is 0 Å². The lowest BCUT2D eigenvalue weighted by molar-refractivity contribution is -0.137. The Hall–Kier alpha value is -3.21. The summed E-state index contributed by atoms with van der Waals surface area (Å²) in [7, 11) is 0. The van der Waals surface area contributed by atoms with Crippen molar-refractivity contribution >= 4 is 5.91 Å². The van der Waals surface area contributed by atoms with Gasteiger partial charge in [0, 0.05) is 0 Å². The second-order valence-electron chi connectivity index (χ2n) is 7.54. The zero-order chi connectivity index (χ0) is 23.0. The molecule has 0 aliphatic carbocycles. The van der Waals surface area contributed by atoms with E-state index in [-0.39, 0.29) is 24.3 Å². The van der Waals surface area contributed by atoms with Crippen molar-refractivity contribution in [3.63, 3.8) is 0 Å². The van der Waals surface area contributed by atoms with Crippen LogP contribution in [-0.4, -0.2) is 24.7 Å². The standard InChI is InChI=1S/C23H25F3N2O3/c1-15(2)11-21(22(29)28-14-16(3)30-18-7-5-4-6-8-18)31-19-10-9-17(13-27)20(12-19)23(24,25)26/h4-10,12,15-16,21H,11,14H2,1-3H3,(H,28,29). The number of hydrogen-bond acceptors (Lipinski definition) is 4. The third-order valence-corrected chi connectivity index (χ3v) is 4.32. The zero-order valence-corrected chi connectivity index (χ0v) is 17.6. The highest BCUT2D eigenvalue weighted by Crippen LogP contribution is 2.34. The molecule has 0 bridgehead atoms. The Morgan fingerprint density at radius 2 is 1.74 bits per heavy atom. The van der Waals surface area contributed by atoms with Crippen molar-refractivity contribution in [1.82, 2.24) is 5.32 Å². The Labute approximate surface area is 179 Å². The molecule has 5 nitrogen and oxygen atoms in total. The molecule has 1 amide bonds. The third-order valence-electron chi connectivity index (χ3n) is 4.32. The van der Waals surface area contributed by atoms with Gasteiger partial charge in [-0.05, 0) is 49.6 Å². The smallest absolute Gasteiger partial charge is 0.417 e. The normalized spacial score (nSPS) is 13.2. The topological polar surface area (TPSA) is 71.3 Å². The predicted molar refractivity (Wildman–Crippen MR) is 110 cm³/mol. The lowest BCUT2D eigenvalue weighted by atomic mass is 10.0. The minimum atomic E-state index is -4.70. The molecular formula is C23H25F3N2O3. The minimum Gasteiger partial charge on any atom is -0.489 e. The number of nitriles is 1. The number of nitrogens with one attached hydrogen (secondary N) is 1. The molecule has 0 spiro atoms. The zero-order valence-electron chi connectivity index (χ0n) is 17.6. The van der Waals surface area contributed by atoms with Crippen LogP contribution in [0.15, 0.2) is 48.5 Å². The SMILES string of the molecule is CC(C)CC(Oc1ccc(C#N)c(C(F)(F)F)c1)C(=O)NCC(C)Oc1ccccc1. The highest BCUT2D eigenvalue weighted by atomic mass is 19.4. The predicted octanol–water partition coefficient (Wildman–Crippen LogP) is 4.95. The van der Waals surface area contributed by atoms with Gasteiger partial charge in [-0.1, -0.05) is 32.0 Å². The van der Waals surface area contributed by atoms with Gasteiger partial charge in [0.05, 0.1) is 23.7 Å². The van der Waals surface area contributed by atoms with E-state index in [0.29, 0.717) is 12.2 Å². The number of carbonyl (C=O) groups excluding carboxylic acids is 1. The number of halogens is 3. The van der Waals surface area contributed by atoms with Gasteiger partial charge in [-0.3, -0.25) is 4.79 Å². The summed E-state index contributed by atoms with van der Waals surface area (Å²) in [6.07, 6.45) is -5.71. The molecule has 0 aliphatic heterocycles. The number of alkyl halides is 3. The average molecular weight is 434 g/mol. The summed E-state index contributed by atoms with van der Waals surface area (Å²) in [4.78, 5) is 12.7. The van der Waals surface area contributed by atoms with E-state index in [1.807, 2.05) is 32.0 Å². The van der Waals surface area contributed by atoms with Crippen LogP contribution in [0.4, 0.5) is 13.2 Å². The molecule has 2 aromatic rings. The monoisotopic (exact) mass is 434 g/mol. The van der Waals surface area contributed by atoms with Crippen LogP contribution in [-0.2, 0) is 11.0 Å². The molecule has 1 N–H and O–H groups in total. The average Bonchev–Trinajstić information content (AvgIpc) is 2.71. The summed E-state index contributed by atoms with van der Waals surface area (Å²) in [5, 5.41) is 11.7. The van der Waals surface area contributed by atoms with E-state index in [0.717, 1.165) is 12.1 Å². The molecule has 2 rings (SSSR count). The highest BCUT2D eigenvalue weighted by molar-refractivity contribution is 5.81. The van der Waals surface area contributed by atoms with E-state index < -0.39 is 29.3 Å². The number of carbonyl (C=O) groups is 1. The van der Waals surface area contributed by atoms with Crippen LogP contribution in [0.1, 0.15) is 38.3 Å². The first kappa shape index (κ1) is 24.1. The van der Waals surface area contributed by atoms with Gasteiger partial charge in [-0.2, -0.15) is 18.4 Å². The number of amides is 1. The molecule has 0 saturated carbocycles. The lowest BCUT2D eigenvalue weighted by Gasteiger charge is -2.22. The molecule has 0 aromatic heterocycles. The molecule has 0 saturated heterocycles. The summed E-state index contributed by atoms with van der Waals surface area (Å²) in [5.74, 6) is 0.154. The van der Waals surface area contributed by atoms with Gasteiger partial charge in [0.25, 0.3) is 5.91 Å². The molecule has 166 valence electrons. The van der Waals surface area contributed by atoms with Crippen molar-refractivity contribution in [2.45, 2.75) is 45.6 Å². The molecule has 31 heavy (non-hydrogen) atoms. The van der Waals surface area contributed by atoms with Crippen LogP contribution in [0.2, 0.25) is 0 Å². The molecule has 2 aromatic carbocycles. The maximum Gasteiger partial charge on any atom is 0.417 e. The maximum atomic E-state index is 13.2. The van der Waals surface area contributed by atoms with Gasteiger partial charge in [0.2, 0.25) is 0 Å². The van der Waals surface area contributed by atoms with Crippen LogP contribution in [0.5, 0.6) is 11.5 Å². The van der Waals surface area contributed by atoms with Gasteiger partial charge in [0.1, 0.15) is 17.6 Å². The number of ether oxygens (including phenoxy) is 2. The summed E-state index contributed by atoms with van der Waals surface area (Å²) in [5.41, 5.74) is -1.60. The van der Waals surface area contributed by atoms with Crippen molar-refractivity contribution in [3.05, 3.63) is 59.7 Å². The van der Waals surface area contributed by atoms with Crippen molar-refractivity contribution in [1.29, 1.82) is 5.26 Å². The minimum absolute atomic E-state index is 0.0641. The number of para-hydroxylation sites is 1. The molecule has 2 unspecified atom stereocenters. The van der Waals surface area contributed by atoms with Gasteiger partial charge >= 0.3 is 6.18 Å². The molecule has 0 heterocycles. The largest absolute Gasteiger partial charge is 0.489 e. The van der Waals surface area contributed by atoms with Crippen LogP contribution in [0, 0.1) is 17.2 Å². The van der Waals surface area contributed by atoms with E-state index >= 15 is 0 Å². The number of rotatable bonds is 9. The Kier molecular flexibility index (Phi) is 8.31. The van der Waals surface area contributed by atoms with Crippen molar-refractivity contribution in [2.75, 3.05) is 6.54 Å². The molecule has 0 aliphatic rings. The Morgan fingerprint density at radius 3 is 2.32 bits per heavy atom. The Bertz CT molecular complexity index is 909. The van der Waals surface area contributed by atoms with Crippen LogP contribution in [0.25, 0.3) is 0 Å². The van der Waals surface area contributed by atoms with Gasteiger partial charge in [-0.25, -0.2) is 0 Å².